The van der Waals surface area contributed by atoms with Gasteiger partial charge in [-0.3, -0.25) is 14.5 Å². The Hall–Kier alpha value is -2.37. The second kappa shape index (κ2) is 7.22. The number of ketones is 1. The van der Waals surface area contributed by atoms with Crippen LogP contribution in [-0.4, -0.2) is 16.8 Å². The van der Waals surface area contributed by atoms with E-state index < -0.39 is 28.9 Å². The van der Waals surface area contributed by atoms with Crippen LogP contribution in [0.5, 0.6) is 0 Å². The van der Waals surface area contributed by atoms with Gasteiger partial charge in [-0.15, -0.1) is 0 Å². The highest BCUT2D eigenvalue weighted by Gasteiger charge is 2.46. The van der Waals surface area contributed by atoms with Gasteiger partial charge in [0.1, 0.15) is 5.82 Å². The number of rotatable bonds is 3. The van der Waals surface area contributed by atoms with Gasteiger partial charge in [0.2, 0.25) is 0 Å². The lowest BCUT2D eigenvalue weighted by molar-refractivity contribution is -0.123. The minimum Gasteiger partial charge on any atom is -0.503 e. The molecular formula is C21H18Cl2FNO3. The van der Waals surface area contributed by atoms with Gasteiger partial charge < -0.3 is 5.11 Å². The van der Waals surface area contributed by atoms with E-state index in [9.17, 15) is 19.1 Å². The number of anilines is 1. The van der Waals surface area contributed by atoms with Crippen LogP contribution < -0.4 is 4.90 Å². The number of hydrogen-bond donors (Lipinski definition) is 1. The van der Waals surface area contributed by atoms with Crippen LogP contribution >= 0.6 is 23.2 Å². The zero-order valence-electron chi connectivity index (χ0n) is 15.5. The number of carbonyl (C=O) groups excluding carboxylic acids is 2. The highest BCUT2D eigenvalue weighted by Crippen LogP contribution is 2.44. The molecule has 3 rings (SSSR count). The van der Waals surface area contributed by atoms with Crippen LogP contribution in [0.2, 0.25) is 10.0 Å². The van der Waals surface area contributed by atoms with Crippen molar-refractivity contribution < 1.29 is 19.1 Å². The maximum Gasteiger partial charge on any atom is 0.294 e. The molecular weight excluding hydrogens is 404 g/mol. The number of hydrogen-bond acceptors (Lipinski definition) is 3. The highest BCUT2D eigenvalue weighted by molar-refractivity contribution is 6.42. The number of nitrogens with zero attached hydrogens (tertiary/aromatic N) is 1. The SMILES string of the molecule is CC(C)(C)C(=O)C1=C(O)C(=O)N(c2ccc(F)cc2)C1c1ccc(Cl)c(Cl)c1. The number of halogens is 3. The first-order valence-corrected chi connectivity index (χ1v) is 9.30. The van der Waals surface area contributed by atoms with E-state index in [1.54, 1.807) is 39.0 Å². The predicted molar refractivity (Wildman–Crippen MR) is 107 cm³/mol. The molecule has 1 amide bonds. The molecule has 0 aliphatic carbocycles. The Kier molecular flexibility index (Phi) is 5.26. The zero-order valence-corrected chi connectivity index (χ0v) is 17.0. The van der Waals surface area contributed by atoms with E-state index in [0.29, 0.717) is 16.3 Å². The van der Waals surface area contributed by atoms with Gasteiger partial charge in [-0.1, -0.05) is 50.0 Å². The molecule has 146 valence electrons. The van der Waals surface area contributed by atoms with Crippen molar-refractivity contribution in [1.82, 2.24) is 0 Å². The molecule has 2 aromatic rings. The van der Waals surface area contributed by atoms with E-state index in [4.69, 9.17) is 23.2 Å². The standard InChI is InChI=1S/C21H18Cl2FNO3/c1-21(2,3)19(27)16-17(11-4-9-14(22)15(23)10-11)25(20(28)18(16)26)13-7-5-12(24)6-8-13/h4-10,17,26H,1-3H3. The smallest absolute Gasteiger partial charge is 0.294 e. The van der Waals surface area contributed by atoms with Crippen molar-refractivity contribution in [2.24, 2.45) is 5.41 Å². The third kappa shape index (κ3) is 3.52. The summed E-state index contributed by atoms with van der Waals surface area (Å²) in [5.74, 6) is -2.21. The first kappa shape index (κ1) is 20.4. The van der Waals surface area contributed by atoms with Crippen LogP contribution in [0.15, 0.2) is 53.8 Å². The fourth-order valence-corrected chi connectivity index (χ4v) is 3.41. The molecule has 0 saturated heterocycles. The van der Waals surface area contributed by atoms with E-state index in [1.165, 1.54) is 29.2 Å². The molecule has 0 spiro atoms. The molecule has 0 fully saturated rings. The molecule has 0 radical (unpaired) electrons. The number of Topliss-reactive ketones (excluding diaryl/α,β-unsaturated/α-hetero) is 1. The number of carbonyl (C=O) groups is 2. The van der Waals surface area contributed by atoms with Gasteiger partial charge in [-0.2, -0.15) is 0 Å². The van der Waals surface area contributed by atoms with Crippen molar-refractivity contribution in [1.29, 1.82) is 0 Å². The van der Waals surface area contributed by atoms with Gasteiger partial charge in [0, 0.05) is 11.1 Å². The Labute approximate surface area is 172 Å². The van der Waals surface area contributed by atoms with E-state index in [-0.39, 0.29) is 16.4 Å². The van der Waals surface area contributed by atoms with Crippen molar-refractivity contribution in [3.8, 4) is 0 Å². The molecule has 1 heterocycles. The van der Waals surface area contributed by atoms with Crippen molar-refractivity contribution in [3.05, 3.63) is 75.2 Å². The topological polar surface area (TPSA) is 57.6 Å². The zero-order chi connectivity index (χ0) is 20.8. The predicted octanol–water partition coefficient (Wildman–Crippen LogP) is 5.65. The first-order valence-electron chi connectivity index (χ1n) is 8.54. The molecule has 1 aliphatic rings. The Morgan fingerprint density at radius 2 is 1.68 bits per heavy atom. The monoisotopic (exact) mass is 421 g/mol. The summed E-state index contributed by atoms with van der Waals surface area (Å²) < 4.78 is 13.4. The van der Waals surface area contributed by atoms with Crippen LogP contribution in [0.25, 0.3) is 0 Å². The number of benzene rings is 2. The van der Waals surface area contributed by atoms with Gasteiger partial charge >= 0.3 is 0 Å². The lowest BCUT2D eigenvalue weighted by Gasteiger charge is -2.29. The van der Waals surface area contributed by atoms with Crippen molar-refractivity contribution in [3.63, 3.8) is 0 Å². The molecule has 0 saturated carbocycles. The lowest BCUT2D eigenvalue weighted by Crippen LogP contribution is -2.32. The second-order valence-corrected chi connectivity index (χ2v) is 8.38. The van der Waals surface area contributed by atoms with Crippen molar-refractivity contribution in [2.75, 3.05) is 4.90 Å². The summed E-state index contributed by atoms with van der Waals surface area (Å²) in [7, 11) is 0. The maximum atomic E-state index is 13.4. The molecule has 0 bridgehead atoms. The average molecular weight is 422 g/mol. The molecule has 0 aromatic heterocycles. The minimum atomic E-state index is -0.917. The van der Waals surface area contributed by atoms with Gasteiger partial charge in [-0.25, -0.2) is 4.39 Å². The second-order valence-electron chi connectivity index (χ2n) is 7.57. The fraction of sp³-hybridized carbons (Fsp3) is 0.238. The average Bonchev–Trinajstić information content (AvgIpc) is 2.88. The lowest BCUT2D eigenvalue weighted by atomic mass is 9.82. The Balaban J connectivity index is 2.22. The first-order chi connectivity index (χ1) is 13.0. The number of aliphatic hydroxyl groups excluding tert-OH is 1. The summed E-state index contributed by atoms with van der Waals surface area (Å²) in [6, 6.07) is 9.06. The fourth-order valence-electron chi connectivity index (χ4n) is 3.11. The molecule has 1 aliphatic heterocycles. The van der Waals surface area contributed by atoms with Gasteiger partial charge in [0.05, 0.1) is 21.7 Å². The van der Waals surface area contributed by atoms with E-state index in [2.05, 4.69) is 0 Å². The molecule has 1 atom stereocenters. The summed E-state index contributed by atoms with van der Waals surface area (Å²) in [6.45, 7) is 5.10. The number of amides is 1. The van der Waals surface area contributed by atoms with Crippen LogP contribution in [-0.2, 0) is 9.59 Å². The number of aliphatic hydroxyl groups is 1. The van der Waals surface area contributed by atoms with Crippen LogP contribution in [0, 0.1) is 11.2 Å². The van der Waals surface area contributed by atoms with E-state index >= 15 is 0 Å². The third-order valence-electron chi connectivity index (χ3n) is 4.50. The normalized spacial score (nSPS) is 17.4. The minimum absolute atomic E-state index is 0.0276. The van der Waals surface area contributed by atoms with Gasteiger partial charge in [-0.05, 0) is 42.0 Å². The van der Waals surface area contributed by atoms with Crippen molar-refractivity contribution >= 4 is 40.6 Å². The molecule has 1 N–H and O–H groups in total. The summed E-state index contributed by atoms with van der Waals surface area (Å²) in [5.41, 5.74) is -0.0219. The molecule has 28 heavy (non-hydrogen) atoms. The summed E-state index contributed by atoms with van der Waals surface area (Å²) in [4.78, 5) is 27.2. The summed E-state index contributed by atoms with van der Waals surface area (Å²) in [5, 5.41) is 11.1. The quantitative estimate of drug-likeness (QED) is 0.696. The molecule has 1 unspecified atom stereocenters. The van der Waals surface area contributed by atoms with E-state index in [0.717, 1.165) is 0 Å². The maximum absolute atomic E-state index is 13.4. The summed E-state index contributed by atoms with van der Waals surface area (Å²) >= 11 is 12.2. The van der Waals surface area contributed by atoms with Gasteiger partial charge in [0.25, 0.3) is 5.91 Å². The third-order valence-corrected chi connectivity index (χ3v) is 5.24. The highest BCUT2D eigenvalue weighted by atomic mass is 35.5. The molecule has 4 nitrogen and oxygen atoms in total. The Bertz CT molecular complexity index is 994. The molecule has 2 aromatic carbocycles. The van der Waals surface area contributed by atoms with Crippen molar-refractivity contribution in [2.45, 2.75) is 26.8 Å². The van der Waals surface area contributed by atoms with E-state index in [1.807, 2.05) is 0 Å². The van der Waals surface area contributed by atoms with Crippen LogP contribution in [0.3, 0.4) is 0 Å². The Morgan fingerprint density at radius 1 is 1.07 bits per heavy atom. The van der Waals surface area contributed by atoms with Gasteiger partial charge in [0.15, 0.2) is 11.5 Å². The van der Waals surface area contributed by atoms with Crippen LogP contribution in [0.1, 0.15) is 32.4 Å². The largest absolute Gasteiger partial charge is 0.503 e. The van der Waals surface area contributed by atoms with Crippen LogP contribution in [0.4, 0.5) is 10.1 Å². The molecule has 7 heteroatoms. The summed E-state index contributed by atoms with van der Waals surface area (Å²) in [6.07, 6.45) is 0. The Morgan fingerprint density at radius 3 is 2.21 bits per heavy atom.